The van der Waals surface area contributed by atoms with Gasteiger partial charge in [0.1, 0.15) is 11.4 Å². The number of likely N-dealkylation sites (tertiary alicyclic amines) is 2. The maximum Gasteiger partial charge on any atom is 0.573 e. The van der Waals surface area contributed by atoms with E-state index in [2.05, 4.69) is 15.8 Å². The minimum absolute atomic E-state index is 0.0441. The number of benzene rings is 2. The molecule has 2 aromatic carbocycles. The van der Waals surface area contributed by atoms with Crippen molar-refractivity contribution < 1.29 is 27.5 Å². The van der Waals surface area contributed by atoms with Gasteiger partial charge in [0.05, 0.1) is 24.2 Å². The number of carbonyl (C=O) groups excluding carboxylic acids is 2. The molecule has 0 bridgehead atoms. The first-order valence-corrected chi connectivity index (χ1v) is 12.5. The standard InChI is InChI=1S/C28H26F3N5O3/c29-28(30,31)39-23-3-1-2-22(12-23)17-35-18-27(13-25(35)37)8-10-34(11-9-27)26(38)24-15-33-19-36(24)16-21-6-4-20(14-32)5-7-21/h1-7,12,15,19H,8-11,13,16-18H2. The molecule has 0 atom stereocenters. The Hall–Kier alpha value is -4.33. The quantitative estimate of drug-likeness (QED) is 0.466. The van der Waals surface area contributed by atoms with Gasteiger partial charge in [-0.2, -0.15) is 5.26 Å². The SMILES string of the molecule is N#Cc1ccc(Cn2cncc2C(=O)N2CCC3(CC2)CC(=O)N(Cc2cccc(OC(F)(F)F)c2)C3)cc1. The molecule has 0 saturated carbocycles. The largest absolute Gasteiger partial charge is 0.573 e. The van der Waals surface area contributed by atoms with Crippen LogP contribution in [0.15, 0.2) is 61.1 Å². The summed E-state index contributed by atoms with van der Waals surface area (Å²) >= 11 is 0. The first-order valence-electron chi connectivity index (χ1n) is 12.5. The van der Waals surface area contributed by atoms with Gasteiger partial charge in [0, 0.05) is 44.6 Å². The number of piperidine rings is 1. The van der Waals surface area contributed by atoms with E-state index in [1.54, 1.807) is 45.1 Å². The molecule has 8 nitrogen and oxygen atoms in total. The molecule has 39 heavy (non-hydrogen) atoms. The molecule has 1 aromatic heterocycles. The van der Waals surface area contributed by atoms with Crippen molar-refractivity contribution in [3.63, 3.8) is 0 Å². The van der Waals surface area contributed by atoms with Crippen LogP contribution in [0.4, 0.5) is 13.2 Å². The van der Waals surface area contributed by atoms with Crippen LogP contribution in [0.5, 0.6) is 5.75 Å². The molecule has 2 saturated heterocycles. The monoisotopic (exact) mass is 537 g/mol. The maximum absolute atomic E-state index is 13.3. The molecule has 2 amide bonds. The predicted molar refractivity (Wildman–Crippen MR) is 133 cm³/mol. The van der Waals surface area contributed by atoms with Crippen molar-refractivity contribution in [3.8, 4) is 11.8 Å². The van der Waals surface area contributed by atoms with Gasteiger partial charge in [0.2, 0.25) is 5.91 Å². The number of imidazole rings is 1. The molecule has 0 radical (unpaired) electrons. The van der Waals surface area contributed by atoms with Crippen LogP contribution in [0.25, 0.3) is 0 Å². The smallest absolute Gasteiger partial charge is 0.406 e. The van der Waals surface area contributed by atoms with Crippen molar-refractivity contribution >= 4 is 11.8 Å². The summed E-state index contributed by atoms with van der Waals surface area (Å²) in [6, 6.07) is 14.9. The molecular weight excluding hydrogens is 511 g/mol. The van der Waals surface area contributed by atoms with Crippen molar-refractivity contribution in [3.05, 3.63) is 83.4 Å². The third kappa shape index (κ3) is 6.06. The van der Waals surface area contributed by atoms with E-state index >= 15 is 0 Å². The highest BCUT2D eigenvalue weighted by molar-refractivity contribution is 5.92. The van der Waals surface area contributed by atoms with E-state index in [9.17, 15) is 22.8 Å². The average Bonchev–Trinajstić information content (AvgIpc) is 3.47. The van der Waals surface area contributed by atoms with Crippen LogP contribution in [0.1, 0.15) is 46.4 Å². The highest BCUT2D eigenvalue weighted by atomic mass is 19.4. The molecule has 0 N–H and O–H groups in total. The molecule has 3 heterocycles. The minimum atomic E-state index is -4.78. The normalized spacial score (nSPS) is 16.9. The van der Waals surface area contributed by atoms with Gasteiger partial charge in [-0.1, -0.05) is 24.3 Å². The Labute approximate surface area is 223 Å². The molecule has 2 aliphatic rings. The molecule has 5 rings (SSSR count). The summed E-state index contributed by atoms with van der Waals surface area (Å²) in [6.07, 6.45) is 0.0418. The molecule has 1 spiro atoms. The van der Waals surface area contributed by atoms with Gasteiger partial charge in [-0.3, -0.25) is 9.59 Å². The molecule has 11 heteroatoms. The summed E-state index contributed by atoms with van der Waals surface area (Å²) < 4.78 is 43.5. The number of hydrogen-bond acceptors (Lipinski definition) is 5. The summed E-state index contributed by atoms with van der Waals surface area (Å²) in [5, 5.41) is 8.99. The Morgan fingerprint density at radius 3 is 2.51 bits per heavy atom. The lowest BCUT2D eigenvalue weighted by atomic mass is 9.77. The topological polar surface area (TPSA) is 91.5 Å². The van der Waals surface area contributed by atoms with Crippen LogP contribution in [-0.2, 0) is 17.9 Å². The third-order valence-corrected chi connectivity index (χ3v) is 7.39. The molecular formula is C28H26F3N5O3. The predicted octanol–water partition coefficient (Wildman–Crippen LogP) is 4.36. The Morgan fingerprint density at radius 1 is 1.08 bits per heavy atom. The number of rotatable bonds is 6. The van der Waals surface area contributed by atoms with Gasteiger partial charge in [0.15, 0.2) is 0 Å². The number of nitrogens with zero attached hydrogens (tertiary/aromatic N) is 5. The van der Waals surface area contributed by atoms with Crippen molar-refractivity contribution in [1.29, 1.82) is 5.26 Å². The van der Waals surface area contributed by atoms with Gasteiger partial charge >= 0.3 is 6.36 Å². The Morgan fingerprint density at radius 2 is 1.82 bits per heavy atom. The maximum atomic E-state index is 13.3. The van der Waals surface area contributed by atoms with E-state index in [0.29, 0.717) is 62.3 Å². The van der Waals surface area contributed by atoms with Crippen LogP contribution in [-0.4, -0.2) is 57.2 Å². The summed E-state index contributed by atoms with van der Waals surface area (Å²) in [4.78, 5) is 33.8. The Balaban J connectivity index is 1.19. The van der Waals surface area contributed by atoms with Gasteiger partial charge < -0.3 is 19.1 Å². The van der Waals surface area contributed by atoms with E-state index in [1.807, 2.05) is 12.1 Å². The summed E-state index contributed by atoms with van der Waals surface area (Å²) in [6.45, 7) is 2.14. The average molecular weight is 538 g/mol. The van der Waals surface area contributed by atoms with Crippen LogP contribution < -0.4 is 4.74 Å². The number of halogens is 3. The fourth-order valence-electron chi connectivity index (χ4n) is 5.37. The number of hydrogen-bond donors (Lipinski definition) is 0. The lowest BCUT2D eigenvalue weighted by molar-refractivity contribution is -0.274. The summed E-state index contributed by atoms with van der Waals surface area (Å²) in [5.41, 5.74) is 2.27. The van der Waals surface area contributed by atoms with Gasteiger partial charge in [-0.15, -0.1) is 13.2 Å². The number of carbonyl (C=O) groups is 2. The zero-order valence-electron chi connectivity index (χ0n) is 21.0. The second-order valence-corrected chi connectivity index (χ2v) is 10.1. The molecule has 2 fully saturated rings. The number of aromatic nitrogens is 2. The zero-order valence-corrected chi connectivity index (χ0v) is 21.0. The van der Waals surface area contributed by atoms with E-state index < -0.39 is 6.36 Å². The molecule has 202 valence electrons. The molecule has 0 aliphatic carbocycles. The number of ether oxygens (including phenoxy) is 1. The number of nitriles is 1. The highest BCUT2D eigenvalue weighted by Crippen LogP contribution is 2.42. The number of amides is 2. The van der Waals surface area contributed by atoms with Gasteiger partial charge in [0.25, 0.3) is 5.91 Å². The fourth-order valence-corrected chi connectivity index (χ4v) is 5.37. The lowest BCUT2D eigenvalue weighted by Crippen LogP contribution is -2.44. The van der Waals surface area contributed by atoms with E-state index in [0.717, 1.165) is 5.56 Å². The van der Waals surface area contributed by atoms with E-state index in [1.165, 1.54) is 18.2 Å². The molecule has 0 unspecified atom stereocenters. The number of alkyl halides is 3. The second kappa shape index (κ2) is 10.4. The third-order valence-electron chi connectivity index (χ3n) is 7.39. The summed E-state index contributed by atoms with van der Waals surface area (Å²) in [5.74, 6) is -0.484. The Kier molecular flexibility index (Phi) is 7.04. The molecule has 3 aromatic rings. The van der Waals surface area contributed by atoms with Crippen LogP contribution in [0.3, 0.4) is 0 Å². The highest BCUT2D eigenvalue weighted by Gasteiger charge is 2.45. The zero-order chi connectivity index (χ0) is 27.6. The van der Waals surface area contributed by atoms with Crippen molar-refractivity contribution in [2.45, 2.75) is 38.7 Å². The fraction of sp³-hybridized carbons (Fsp3) is 0.357. The minimum Gasteiger partial charge on any atom is -0.406 e. The summed E-state index contributed by atoms with van der Waals surface area (Å²) in [7, 11) is 0. The lowest BCUT2D eigenvalue weighted by Gasteiger charge is -2.38. The first kappa shape index (κ1) is 26.3. The first-order chi connectivity index (χ1) is 18.6. The van der Waals surface area contributed by atoms with E-state index in [4.69, 9.17) is 5.26 Å². The van der Waals surface area contributed by atoms with Crippen molar-refractivity contribution in [2.24, 2.45) is 5.41 Å². The van der Waals surface area contributed by atoms with Crippen LogP contribution >= 0.6 is 0 Å². The van der Waals surface area contributed by atoms with Gasteiger partial charge in [-0.25, -0.2) is 4.98 Å². The van der Waals surface area contributed by atoms with Crippen LogP contribution in [0.2, 0.25) is 0 Å². The van der Waals surface area contributed by atoms with Crippen LogP contribution in [0, 0.1) is 16.7 Å². The second-order valence-electron chi connectivity index (χ2n) is 10.1. The van der Waals surface area contributed by atoms with Gasteiger partial charge in [-0.05, 0) is 48.2 Å². The Bertz CT molecular complexity index is 1400. The van der Waals surface area contributed by atoms with Crippen molar-refractivity contribution in [1.82, 2.24) is 19.4 Å². The van der Waals surface area contributed by atoms with E-state index in [-0.39, 0.29) is 29.5 Å². The molecule has 2 aliphatic heterocycles. The van der Waals surface area contributed by atoms with Crippen molar-refractivity contribution in [2.75, 3.05) is 19.6 Å².